The first-order valence-electron chi connectivity index (χ1n) is 9.30. The van der Waals surface area contributed by atoms with Gasteiger partial charge in [-0.05, 0) is 25.0 Å². The van der Waals surface area contributed by atoms with Crippen LogP contribution in [0.15, 0.2) is 54.6 Å². The highest BCUT2D eigenvalue weighted by atomic mass is 16.5. The summed E-state index contributed by atoms with van der Waals surface area (Å²) in [6, 6.07) is 16.1. The van der Waals surface area contributed by atoms with Gasteiger partial charge in [-0.2, -0.15) is 0 Å². The van der Waals surface area contributed by atoms with E-state index in [0.717, 1.165) is 11.1 Å². The van der Waals surface area contributed by atoms with Crippen LogP contribution in [-0.2, 0) is 14.3 Å². The molecule has 2 aromatic rings. The summed E-state index contributed by atoms with van der Waals surface area (Å²) >= 11 is 0. The molecule has 0 bridgehead atoms. The second-order valence-electron chi connectivity index (χ2n) is 6.70. The standard InChI is InChI=1S/C22H24N2O5/c1-15(2)23-22(28)24-20(26)14-29-21(27)13-12-19(25)18-10-8-17(9-11-18)16-6-4-3-5-7-16/h3-11,15H,12-14H2,1-2H3,(H2,23,24,26,28). The van der Waals surface area contributed by atoms with Crippen LogP contribution in [0.2, 0.25) is 0 Å². The number of nitrogens with one attached hydrogen (secondary N) is 2. The van der Waals surface area contributed by atoms with Crippen LogP contribution in [0.25, 0.3) is 11.1 Å². The van der Waals surface area contributed by atoms with E-state index in [1.807, 2.05) is 47.8 Å². The van der Waals surface area contributed by atoms with Crippen LogP contribution in [0.4, 0.5) is 4.79 Å². The summed E-state index contributed by atoms with van der Waals surface area (Å²) in [7, 11) is 0. The fraction of sp³-hybridized carbons (Fsp3) is 0.273. The number of rotatable bonds is 8. The van der Waals surface area contributed by atoms with Crippen molar-refractivity contribution in [2.75, 3.05) is 6.61 Å². The minimum Gasteiger partial charge on any atom is -0.456 e. The Labute approximate surface area is 169 Å². The molecule has 0 aliphatic carbocycles. The SMILES string of the molecule is CC(C)NC(=O)NC(=O)COC(=O)CCC(=O)c1ccc(-c2ccccc2)cc1. The highest BCUT2D eigenvalue weighted by Crippen LogP contribution is 2.19. The van der Waals surface area contributed by atoms with E-state index < -0.39 is 24.5 Å². The smallest absolute Gasteiger partial charge is 0.321 e. The molecule has 152 valence electrons. The molecule has 0 radical (unpaired) electrons. The number of Topliss-reactive ketones (excluding diaryl/α,β-unsaturated/α-hetero) is 1. The lowest BCUT2D eigenvalue weighted by Crippen LogP contribution is -2.44. The zero-order valence-corrected chi connectivity index (χ0v) is 16.4. The molecule has 2 N–H and O–H groups in total. The van der Waals surface area contributed by atoms with Crippen LogP contribution < -0.4 is 10.6 Å². The number of urea groups is 1. The summed E-state index contributed by atoms with van der Waals surface area (Å²) in [6.45, 7) is 2.91. The van der Waals surface area contributed by atoms with Gasteiger partial charge in [-0.1, -0.05) is 54.6 Å². The monoisotopic (exact) mass is 396 g/mol. The Balaban J connectivity index is 1.75. The van der Waals surface area contributed by atoms with E-state index in [1.54, 1.807) is 26.0 Å². The largest absolute Gasteiger partial charge is 0.456 e. The molecule has 0 aliphatic rings. The molecule has 0 spiro atoms. The van der Waals surface area contributed by atoms with Crippen molar-refractivity contribution >= 4 is 23.7 Å². The van der Waals surface area contributed by atoms with Gasteiger partial charge >= 0.3 is 12.0 Å². The molecule has 0 fully saturated rings. The normalized spacial score (nSPS) is 10.3. The van der Waals surface area contributed by atoms with Crippen LogP contribution in [0.3, 0.4) is 0 Å². The second-order valence-corrected chi connectivity index (χ2v) is 6.70. The third kappa shape index (κ3) is 7.57. The predicted octanol–water partition coefficient (Wildman–Crippen LogP) is 3.09. The van der Waals surface area contributed by atoms with Crippen molar-refractivity contribution in [2.24, 2.45) is 0 Å². The molecule has 7 heteroatoms. The Hall–Kier alpha value is -3.48. The summed E-state index contributed by atoms with van der Waals surface area (Å²) in [4.78, 5) is 46.9. The van der Waals surface area contributed by atoms with Crippen LogP contribution in [0.5, 0.6) is 0 Å². The summed E-state index contributed by atoms with van der Waals surface area (Å²) < 4.78 is 4.79. The van der Waals surface area contributed by atoms with E-state index in [9.17, 15) is 19.2 Å². The van der Waals surface area contributed by atoms with E-state index in [0.29, 0.717) is 5.56 Å². The predicted molar refractivity (Wildman–Crippen MR) is 108 cm³/mol. The maximum atomic E-state index is 12.2. The van der Waals surface area contributed by atoms with Gasteiger partial charge in [0.2, 0.25) is 0 Å². The number of ether oxygens (including phenoxy) is 1. The number of esters is 1. The molecule has 0 unspecified atom stereocenters. The van der Waals surface area contributed by atoms with E-state index in [1.165, 1.54) is 0 Å². The lowest BCUT2D eigenvalue weighted by atomic mass is 10.0. The number of ketones is 1. The first-order chi connectivity index (χ1) is 13.8. The summed E-state index contributed by atoms with van der Waals surface area (Å²) in [6.07, 6.45) is -0.177. The minimum atomic E-state index is -0.737. The highest BCUT2D eigenvalue weighted by molar-refractivity contribution is 5.98. The van der Waals surface area contributed by atoms with Gasteiger partial charge in [0.05, 0.1) is 6.42 Å². The van der Waals surface area contributed by atoms with Crippen molar-refractivity contribution in [3.63, 3.8) is 0 Å². The molecule has 0 heterocycles. The molecular weight excluding hydrogens is 372 g/mol. The number of carbonyl (C=O) groups excluding carboxylic acids is 4. The molecule has 7 nitrogen and oxygen atoms in total. The number of hydrogen-bond donors (Lipinski definition) is 2. The van der Waals surface area contributed by atoms with Gasteiger partial charge in [-0.25, -0.2) is 4.79 Å². The average molecular weight is 396 g/mol. The average Bonchev–Trinajstić information content (AvgIpc) is 2.70. The van der Waals surface area contributed by atoms with Gasteiger partial charge in [0.1, 0.15) is 0 Å². The summed E-state index contributed by atoms with van der Waals surface area (Å²) in [5, 5.41) is 4.52. The molecule has 2 rings (SSSR count). The molecule has 0 atom stereocenters. The molecule has 0 aromatic heterocycles. The van der Waals surface area contributed by atoms with Crippen molar-refractivity contribution in [1.29, 1.82) is 0 Å². The Morgan fingerprint density at radius 2 is 1.48 bits per heavy atom. The molecule has 29 heavy (non-hydrogen) atoms. The molecule has 0 aliphatic heterocycles. The van der Waals surface area contributed by atoms with Gasteiger partial charge in [-0.3, -0.25) is 19.7 Å². The first-order valence-corrected chi connectivity index (χ1v) is 9.30. The maximum Gasteiger partial charge on any atom is 0.321 e. The third-order valence-electron chi connectivity index (χ3n) is 3.91. The van der Waals surface area contributed by atoms with Crippen LogP contribution in [0, 0.1) is 0 Å². The fourth-order valence-corrected chi connectivity index (χ4v) is 2.52. The van der Waals surface area contributed by atoms with Gasteiger partial charge in [0.25, 0.3) is 5.91 Å². The lowest BCUT2D eigenvalue weighted by molar-refractivity contribution is -0.148. The molecule has 3 amide bonds. The van der Waals surface area contributed by atoms with Crippen molar-refractivity contribution in [2.45, 2.75) is 32.7 Å². The van der Waals surface area contributed by atoms with Gasteiger partial charge < -0.3 is 10.1 Å². The molecule has 2 aromatic carbocycles. The minimum absolute atomic E-state index is 0.0288. The Bertz CT molecular complexity index is 861. The van der Waals surface area contributed by atoms with E-state index in [-0.39, 0.29) is 24.7 Å². The van der Waals surface area contributed by atoms with E-state index in [2.05, 4.69) is 5.32 Å². The Kier molecular flexibility index (Phi) is 8.09. The van der Waals surface area contributed by atoms with Crippen molar-refractivity contribution in [3.05, 3.63) is 60.2 Å². The van der Waals surface area contributed by atoms with Crippen molar-refractivity contribution in [1.82, 2.24) is 10.6 Å². The lowest BCUT2D eigenvalue weighted by Gasteiger charge is -2.09. The van der Waals surface area contributed by atoms with E-state index in [4.69, 9.17) is 4.74 Å². The Morgan fingerprint density at radius 1 is 0.862 bits per heavy atom. The second kappa shape index (κ2) is 10.8. The first kappa shape index (κ1) is 21.8. The molecular formula is C22H24N2O5. The van der Waals surface area contributed by atoms with E-state index >= 15 is 0 Å². The molecule has 0 saturated carbocycles. The van der Waals surface area contributed by atoms with Crippen LogP contribution in [-0.4, -0.2) is 36.3 Å². The number of benzene rings is 2. The van der Waals surface area contributed by atoms with Gasteiger partial charge in [0.15, 0.2) is 12.4 Å². The Morgan fingerprint density at radius 3 is 2.10 bits per heavy atom. The van der Waals surface area contributed by atoms with Crippen LogP contribution in [0.1, 0.15) is 37.0 Å². The number of imide groups is 1. The topological polar surface area (TPSA) is 102 Å². The fourth-order valence-electron chi connectivity index (χ4n) is 2.52. The zero-order chi connectivity index (χ0) is 21.2. The highest BCUT2D eigenvalue weighted by Gasteiger charge is 2.14. The van der Waals surface area contributed by atoms with Crippen molar-refractivity contribution < 1.29 is 23.9 Å². The number of carbonyl (C=O) groups is 4. The third-order valence-corrected chi connectivity index (χ3v) is 3.91. The van der Waals surface area contributed by atoms with Gasteiger partial charge in [0, 0.05) is 18.0 Å². The molecule has 0 saturated heterocycles. The summed E-state index contributed by atoms with van der Waals surface area (Å²) in [5.41, 5.74) is 2.55. The van der Waals surface area contributed by atoms with Crippen LogP contribution >= 0.6 is 0 Å². The number of hydrogen-bond acceptors (Lipinski definition) is 5. The number of amides is 3. The quantitative estimate of drug-likeness (QED) is 0.527. The van der Waals surface area contributed by atoms with Gasteiger partial charge in [-0.15, -0.1) is 0 Å². The summed E-state index contributed by atoms with van der Waals surface area (Å²) in [5.74, 6) is -1.61. The van der Waals surface area contributed by atoms with Crippen molar-refractivity contribution in [3.8, 4) is 11.1 Å². The maximum absolute atomic E-state index is 12.2. The zero-order valence-electron chi connectivity index (χ0n) is 16.4.